The summed E-state index contributed by atoms with van der Waals surface area (Å²) in [6.07, 6.45) is 6.86. The minimum atomic E-state index is -0.556. The summed E-state index contributed by atoms with van der Waals surface area (Å²) in [5.41, 5.74) is 8.87. The molecule has 0 saturated heterocycles. The number of hydrogen-bond donors (Lipinski definition) is 0. The van der Waals surface area contributed by atoms with Crippen molar-refractivity contribution in [1.82, 2.24) is 0 Å². The van der Waals surface area contributed by atoms with Crippen LogP contribution in [0.3, 0.4) is 0 Å². The first-order valence-corrected chi connectivity index (χ1v) is 21.8. The third-order valence-corrected chi connectivity index (χ3v) is 7.49. The topological polar surface area (TPSA) is 0 Å². The van der Waals surface area contributed by atoms with Crippen molar-refractivity contribution >= 4 is 49.7 Å². The fourth-order valence-electron chi connectivity index (χ4n) is 5.69. The van der Waals surface area contributed by atoms with E-state index < -0.39 is 17.0 Å². The maximum absolute atomic E-state index is 4.89. The molecule has 0 N–H and O–H groups in total. The molecule has 0 nitrogen and oxygen atoms in total. The predicted octanol–water partition coefficient (Wildman–Crippen LogP) is 12.4. The van der Waals surface area contributed by atoms with Gasteiger partial charge in [-0.15, -0.1) is 80.2 Å². The SMILES string of the molecule is CCCc1cc2ccccc2[c-]1Cc1ccccc1.CCCc1cc2ccccc2[c-]1Cc1ccccc1.C[Si]C.[Cl][Ti][Cl]. The molecule has 0 unspecified atom stereocenters. The van der Waals surface area contributed by atoms with Gasteiger partial charge in [0.1, 0.15) is 0 Å². The van der Waals surface area contributed by atoms with Crippen LogP contribution in [0.25, 0.3) is 21.5 Å². The summed E-state index contributed by atoms with van der Waals surface area (Å²) in [5.74, 6) is 0. The van der Waals surface area contributed by atoms with Crippen molar-refractivity contribution in [2.75, 3.05) is 0 Å². The Morgan fingerprint density at radius 2 is 0.864 bits per heavy atom. The number of halogens is 2. The molecule has 0 aliphatic heterocycles. The number of rotatable bonds is 8. The summed E-state index contributed by atoms with van der Waals surface area (Å²) in [7, 11) is 10.9. The van der Waals surface area contributed by atoms with Crippen LogP contribution in [0.4, 0.5) is 0 Å². The van der Waals surface area contributed by atoms with Crippen LogP contribution in [-0.2, 0) is 42.7 Å². The van der Waals surface area contributed by atoms with Crippen LogP contribution in [0, 0.1) is 0 Å². The normalized spacial score (nSPS) is 10.2. The Bertz CT molecular complexity index is 1500. The zero-order valence-corrected chi connectivity index (χ0v) is 30.6. The molecule has 0 fully saturated rings. The Morgan fingerprint density at radius 1 is 0.545 bits per heavy atom. The Hall–Kier alpha value is -2.39. The molecular weight excluding hydrogens is 627 g/mol. The van der Waals surface area contributed by atoms with Gasteiger partial charge in [-0.1, -0.05) is 124 Å². The van der Waals surface area contributed by atoms with Gasteiger partial charge in [0.25, 0.3) is 0 Å². The molecular formula is C40H44Cl2SiTi-2. The summed E-state index contributed by atoms with van der Waals surface area (Å²) in [6.45, 7) is 8.81. The van der Waals surface area contributed by atoms with Gasteiger partial charge in [0.05, 0.1) is 0 Å². The van der Waals surface area contributed by atoms with E-state index in [0.717, 1.165) is 22.4 Å². The van der Waals surface area contributed by atoms with E-state index in [-0.39, 0.29) is 0 Å². The molecule has 228 valence electrons. The van der Waals surface area contributed by atoms with Gasteiger partial charge in [0.15, 0.2) is 0 Å². The van der Waals surface area contributed by atoms with Gasteiger partial charge in [-0.25, -0.2) is 0 Å². The molecule has 44 heavy (non-hydrogen) atoms. The zero-order valence-electron chi connectivity index (χ0n) is 26.5. The average molecular weight is 672 g/mol. The van der Waals surface area contributed by atoms with E-state index in [2.05, 4.69) is 148 Å². The molecule has 0 amide bonds. The number of benzene rings is 4. The molecule has 2 radical (unpaired) electrons. The minimum absolute atomic E-state index is 0.556. The summed E-state index contributed by atoms with van der Waals surface area (Å²) in [5, 5.41) is 5.62. The van der Waals surface area contributed by atoms with Crippen LogP contribution in [0.2, 0.25) is 13.1 Å². The summed E-state index contributed by atoms with van der Waals surface area (Å²) in [6, 6.07) is 43.8. The molecule has 0 saturated carbocycles. The van der Waals surface area contributed by atoms with Gasteiger partial charge in [0.2, 0.25) is 0 Å². The molecule has 0 aliphatic carbocycles. The van der Waals surface area contributed by atoms with Crippen molar-refractivity contribution in [3.8, 4) is 0 Å². The monoisotopic (exact) mass is 670 g/mol. The van der Waals surface area contributed by atoms with Crippen LogP contribution >= 0.6 is 18.6 Å². The summed E-state index contributed by atoms with van der Waals surface area (Å²) < 4.78 is 0. The van der Waals surface area contributed by atoms with Gasteiger partial charge < -0.3 is 0 Å². The third kappa shape index (κ3) is 10.9. The van der Waals surface area contributed by atoms with Crippen LogP contribution in [0.1, 0.15) is 60.1 Å². The van der Waals surface area contributed by atoms with Crippen molar-refractivity contribution in [3.63, 3.8) is 0 Å². The molecule has 0 atom stereocenters. The second kappa shape index (κ2) is 20.6. The molecule has 4 heteroatoms. The van der Waals surface area contributed by atoms with E-state index in [4.69, 9.17) is 18.6 Å². The fraction of sp³-hybridized carbons (Fsp3) is 0.250. The van der Waals surface area contributed by atoms with Gasteiger partial charge >= 0.3 is 35.6 Å². The van der Waals surface area contributed by atoms with Crippen molar-refractivity contribution in [2.45, 2.75) is 65.5 Å². The van der Waals surface area contributed by atoms with E-state index in [1.165, 1.54) is 80.6 Å². The Kier molecular flexibility index (Phi) is 16.9. The van der Waals surface area contributed by atoms with Crippen molar-refractivity contribution in [3.05, 3.63) is 155 Å². The Labute approximate surface area is 285 Å². The first-order chi connectivity index (χ1) is 21.6. The van der Waals surface area contributed by atoms with Crippen LogP contribution in [0.15, 0.2) is 121 Å². The van der Waals surface area contributed by atoms with Crippen molar-refractivity contribution in [2.24, 2.45) is 0 Å². The van der Waals surface area contributed by atoms with Gasteiger partial charge in [0, 0.05) is 9.52 Å². The number of aryl methyl sites for hydroxylation is 2. The fourth-order valence-corrected chi connectivity index (χ4v) is 5.69. The molecule has 6 rings (SSSR count). The van der Waals surface area contributed by atoms with Crippen molar-refractivity contribution < 1.29 is 17.0 Å². The summed E-state index contributed by atoms with van der Waals surface area (Å²) >= 11 is -0.556. The Morgan fingerprint density at radius 3 is 1.20 bits per heavy atom. The first kappa shape index (κ1) is 36.1. The summed E-state index contributed by atoms with van der Waals surface area (Å²) in [4.78, 5) is 0. The maximum atomic E-state index is 4.89. The van der Waals surface area contributed by atoms with E-state index in [0.29, 0.717) is 0 Å². The van der Waals surface area contributed by atoms with Gasteiger partial charge in [-0.2, -0.15) is 12.1 Å². The molecule has 0 aliphatic rings. The molecule has 6 aromatic rings. The van der Waals surface area contributed by atoms with Crippen LogP contribution in [0.5, 0.6) is 0 Å². The molecule has 0 heterocycles. The average Bonchev–Trinajstić information content (AvgIpc) is 3.57. The Balaban J connectivity index is 0.000000204. The molecule has 0 bridgehead atoms. The van der Waals surface area contributed by atoms with Crippen LogP contribution < -0.4 is 0 Å². The molecule has 6 aromatic carbocycles. The number of fused-ring (bicyclic) bond motifs is 2. The molecule has 0 aromatic heterocycles. The van der Waals surface area contributed by atoms with E-state index in [1.807, 2.05) is 0 Å². The zero-order chi connectivity index (χ0) is 31.6. The second-order valence-corrected chi connectivity index (χ2v) is 14.4. The standard InChI is InChI=1S/2C19H19.C2H6Si.2ClH.Ti/c2*1-2-8-16-14-17-11-6-7-12-18(17)19(16)13-15-9-4-3-5-10-15;1-3-2;;;/h2*3-7,9-12,14H,2,8,13H2,1H3;1-2H3;2*1H;/q2*-1;;;;+2/p-2. The quantitative estimate of drug-likeness (QED) is 0.112. The van der Waals surface area contributed by atoms with E-state index >= 15 is 0 Å². The third-order valence-electron chi connectivity index (χ3n) is 7.49. The second-order valence-electron chi connectivity index (χ2n) is 10.9. The van der Waals surface area contributed by atoms with E-state index in [1.54, 1.807) is 0 Å². The number of hydrogen-bond acceptors (Lipinski definition) is 0. The molecule has 0 spiro atoms. The van der Waals surface area contributed by atoms with Crippen LogP contribution in [-0.4, -0.2) is 9.52 Å². The first-order valence-electron chi connectivity index (χ1n) is 15.5. The van der Waals surface area contributed by atoms with Gasteiger partial charge in [-0.05, 0) is 25.7 Å². The van der Waals surface area contributed by atoms with E-state index in [9.17, 15) is 0 Å². The predicted molar refractivity (Wildman–Crippen MR) is 195 cm³/mol. The van der Waals surface area contributed by atoms with Crippen molar-refractivity contribution in [1.29, 1.82) is 0 Å². The van der Waals surface area contributed by atoms with Gasteiger partial charge in [-0.3, -0.25) is 0 Å².